The highest BCUT2D eigenvalue weighted by Gasteiger charge is 2.43. The van der Waals surface area contributed by atoms with Crippen molar-refractivity contribution in [2.24, 2.45) is 0 Å². The molecule has 2 amide bonds. The summed E-state index contributed by atoms with van der Waals surface area (Å²) < 4.78 is 0. The number of aryl methyl sites for hydroxylation is 1. The summed E-state index contributed by atoms with van der Waals surface area (Å²) in [6, 6.07) is 14.4. The van der Waals surface area contributed by atoms with E-state index in [4.69, 9.17) is 0 Å². The summed E-state index contributed by atoms with van der Waals surface area (Å²) >= 11 is 0. The Bertz CT molecular complexity index is 874. The first-order chi connectivity index (χ1) is 13.0. The van der Waals surface area contributed by atoms with Gasteiger partial charge >= 0.3 is 0 Å². The van der Waals surface area contributed by atoms with E-state index in [0.717, 1.165) is 11.3 Å². The Balaban J connectivity index is 1.45. The molecule has 4 rings (SSSR count). The molecule has 0 aliphatic carbocycles. The second-order valence-corrected chi connectivity index (χ2v) is 7.14. The summed E-state index contributed by atoms with van der Waals surface area (Å²) in [6.45, 7) is 4.73. The summed E-state index contributed by atoms with van der Waals surface area (Å²) in [7, 11) is 0. The largest absolute Gasteiger partial charge is 0.506 e. The molecule has 6 heteroatoms. The topological polar surface area (TPSA) is 64.1 Å². The van der Waals surface area contributed by atoms with Gasteiger partial charge in [-0.15, -0.1) is 0 Å². The summed E-state index contributed by atoms with van der Waals surface area (Å²) in [5.74, 6) is -0.0102. The molecule has 2 fully saturated rings. The third-order valence-electron chi connectivity index (χ3n) is 5.36. The van der Waals surface area contributed by atoms with E-state index in [1.54, 1.807) is 18.2 Å². The number of rotatable bonds is 3. The SMILES string of the molecule is Cc1cccc(N2C(=O)CC(N3CCN(c4ccccc4O)CC3)C2=O)c1. The standard InChI is InChI=1S/C21H23N3O3/c1-15-5-4-6-16(13-15)24-20(26)14-18(21(24)27)23-11-9-22(10-12-23)17-7-2-3-8-19(17)25/h2-8,13,18,25H,9-12,14H2,1H3. The maximum absolute atomic E-state index is 12.9. The summed E-state index contributed by atoms with van der Waals surface area (Å²) in [5.41, 5.74) is 2.49. The quantitative estimate of drug-likeness (QED) is 0.845. The first kappa shape index (κ1) is 17.5. The Morgan fingerprint density at radius 3 is 2.41 bits per heavy atom. The average Bonchev–Trinajstić information content (AvgIpc) is 2.96. The summed E-state index contributed by atoms with van der Waals surface area (Å²) in [5, 5.41) is 10.0. The number of phenolic OH excluding ortho intramolecular Hbond substituents is 1. The van der Waals surface area contributed by atoms with Gasteiger partial charge in [0.1, 0.15) is 5.75 Å². The van der Waals surface area contributed by atoms with Crippen LogP contribution in [0.5, 0.6) is 5.75 Å². The molecule has 0 radical (unpaired) electrons. The van der Waals surface area contributed by atoms with Crippen LogP contribution in [-0.4, -0.2) is 54.0 Å². The fourth-order valence-corrected chi connectivity index (χ4v) is 3.95. The van der Waals surface area contributed by atoms with E-state index in [1.165, 1.54) is 4.90 Å². The zero-order chi connectivity index (χ0) is 19.0. The highest BCUT2D eigenvalue weighted by Crippen LogP contribution is 2.30. The van der Waals surface area contributed by atoms with Crippen molar-refractivity contribution in [3.05, 3.63) is 54.1 Å². The second kappa shape index (κ2) is 7.04. The molecule has 1 atom stereocenters. The molecule has 2 aromatic rings. The minimum Gasteiger partial charge on any atom is -0.506 e. The van der Waals surface area contributed by atoms with Crippen molar-refractivity contribution in [2.45, 2.75) is 19.4 Å². The van der Waals surface area contributed by atoms with Gasteiger partial charge in [-0.2, -0.15) is 0 Å². The number of aromatic hydroxyl groups is 1. The van der Waals surface area contributed by atoms with Gasteiger partial charge in [0.25, 0.3) is 5.91 Å². The molecule has 27 heavy (non-hydrogen) atoms. The van der Waals surface area contributed by atoms with Gasteiger partial charge in [-0.25, -0.2) is 4.90 Å². The Morgan fingerprint density at radius 1 is 0.963 bits per heavy atom. The van der Waals surface area contributed by atoms with Crippen molar-refractivity contribution >= 4 is 23.2 Å². The van der Waals surface area contributed by atoms with Crippen molar-refractivity contribution in [3.63, 3.8) is 0 Å². The molecule has 6 nitrogen and oxygen atoms in total. The first-order valence-electron chi connectivity index (χ1n) is 9.25. The maximum Gasteiger partial charge on any atom is 0.251 e. The number of para-hydroxylation sites is 2. The normalized spacial score (nSPS) is 21.1. The van der Waals surface area contributed by atoms with E-state index >= 15 is 0 Å². The number of piperazine rings is 1. The molecule has 0 spiro atoms. The van der Waals surface area contributed by atoms with Gasteiger partial charge in [0.2, 0.25) is 5.91 Å². The van der Waals surface area contributed by atoms with Crippen LogP contribution in [0.15, 0.2) is 48.5 Å². The Kier molecular flexibility index (Phi) is 4.58. The molecule has 1 unspecified atom stereocenters. The molecule has 2 heterocycles. The lowest BCUT2D eigenvalue weighted by atomic mass is 10.1. The van der Waals surface area contributed by atoms with Gasteiger partial charge in [0.15, 0.2) is 0 Å². The Hall–Kier alpha value is -2.86. The zero-order valence-electron chi connectivity index (χ0n) is 15.3. The number of imide groups is 1. The van der Waals surface area contributed by atoms with E-state index in [2.05, 4.69) is 9.80 Å². The third-order valence-corrected chi connectivity index (χ3v) is 5.36. The predicted molar refractivity (Wildman–Crippen MR) is 104 cm³/mol. The highest BCUT2D eigenvalue weighted by molar-refractivity contribution is 6.22. The van der Waals surface area contributed by atoms with E-state index in [1.807, 2.05) is 37.3 Å². The average molecular weight is 365 g/mol. The number of hydrogen-bond acceptors (Lipinski definition) is 5. The summed E-state index contributed by atoms with van der Waals surface area (Å²) in [4.78, 5) is 31.0. The maximum atomic E-state index is 12.9. The van der Waals surface area contributed by atoms with Crippen molar-refractivity contribution in [2.75, 3.05) is 36.0 Å². The molecule has 2 aromatic carbocycles. The molecule has 0 saturated carbocycles. The van der Waals surface area contributed by atoms with Crippen LogP contribution in [0, 0.1) is 6.92 Å². The lowest BCUT2D eigenvalue weighted by Gasteiger charge is -2.38. The monoisotopic (exact) mass is 365 g/mol. The van der Waals surface area contributed by atoms with Crippen LogP contribution in [0.3, 0.4) is 0 Å². The lowest BCUT2D eigenvalue weighted by Crippen LogP contribution is -2.52. The number of carbonyl (C=O) groups excluding carboxylic acids is 2. The number of amides is 2. The Morgan fingerprint density at radius 2 is 1.70 bits per heavy atom. The zero-order valence-corrected chi connectivity index (χ0v) is 15.3. The van der Waals surface area contributed by atoms with Crippen LogP contribution in [0.4, 0.5) is 11.4 Å². The number of hydrogen-bond donors (Lipinski definition) is 1. The minimum absolute atomic E-state index is 0.137. The Labute approximate surface area is 158 Å². The molecule has 1 N–H and O–H groups in total. The molecule has 0 bridgehead atoms. The van der Waals surface area contributed by atoms with Gasteiger partial charge in [0, 0.05) is 26.2 Å². The predicted octanol–water partition coefficient (Wildman–Crippen LogP) is 2.15. The van der Waals surface area contributed by atoms with Crippen molar-refractivity contribution in [1.29, 1.82) is 0 Å². The first-order valence-corrected chi connectivity index (χ1v) is 9.25. The number of benzene rings is 2. The van der Waals surface area contributed by atoms with Crippen LogP contribution in [0.25, 0.3) is 0 Å². The highest BCUT2D eigenvalue weighted by atomic mass is 16.3. The van der Waals surface area contributed by atoms with Gasteiger partial charge in [-0.1, -0.05) is 24.3 Å². The molecular weight excluding hydrogens is 342 g/mol. The smallest absolute Gasteiger partial charge is 0.251 e. The molecule has 0 aromatic heterocycles. The van der Waals surface area contributed by atoms with Gasteiger partial charge in [0.05, 0.1) is 23.8 Å². The van der Waals surface area contributed by atoms with Crippen molar-refractivity contribution in [1.82, 2.24) is 4.90 Å². The number of anilines is 2. The van der Waals surface area contributed by atoms with Crippen LogP contribution < -0.4 is 9.80 Å². The molecule has 2 aliphatic rings. The van der Waals surface area contributed by atoms with E-state index in [9.17, 15) is 14.7 Å². The minimum atomic E-state index is -0.399. The fraction of sp³-hybridized carbons (Fsp3) is 0.333. The number of phenols is 1. The van der Waals surface area contributed by atoms with Gasteiger partial charge < -0.3 is 10.0 Å². The molecule has 140 valence electrons. The van der Waals surface area contributed by atoms with E-state index < -0.39 is 6.04 Å². The van der Waals surface area contributed by atoms with Crippen LogP contribution >= 0.6 is 0 Å². The molecule has 2 saturated heterocycles. The van der Waals surface area contributed by atoms with Gasteiger partial charge in [-0.3, -0.25) is 14.5 Å². The summed E-state index contributed by atoms with van der Waals surface area (Å²) in [6.07, 6.45) is 0.226. The fourth-order valence-electron chi connectivity index (χ4n) is 3.95. The van der Waals surface area contributed by atoms with Crippen molar-refractivity contribution < 1.29 is 14.7 Å². The number of nitrogens with zero attached hydrogens (tertiary/aromatic N) is 3. The van der Waals surface area contributed by atoms with E-state index in [0.29, 0.717) is 31.9 Å². The number of carbonyl (C=O) groups is 2. The van der Waals surface area contributed by atoms with E-state index in [-0.39, 0.29) is 24.0 Å². The molecule has 2 aliphatic heterocycles. The second-order valence-electron chi connectivity index (χ2n) is 7.14. The molecular formula is C21H23N3O3. The van der Waals surface area contributed by atoms with Crippen LogP contribution in [0.2, 0.25) is 0 Å². The van der Waals surface area contributed by atoms with Crippen LogP contribution in [0.1, 0.15) is 12.0 Å². The third kappa shape index (κ3) is 3.28. The van der Waals surface area contributed by atoms with Crippen LogP contribution in [-0.2, 0) is 9.59 Å². The van der Waals surface area contributed by atoms with Crippen molar-refractivity contribution in [3.8, 4) is 5.75 Å². The lowest BCUT2D eigenvalue weighted by molar-refractivity contribution is -0.123. The van der Waals surface area contributed by atoms with Gasteiger partial charge in [-0.05, 0) is 36.8 Å².